The molecule has 0 fully saturated rings. The van der Waals surface area contributed by atoms with Crippen molar-refractivity contribution in [2.24, 2.45) is 15.9 Å². The van der Waals surface area contributed by atoms with E-state index in [-0.39, 0.29) is 12.0 Å². The highest BCUT2D eigenvalue weighted by atomic mass is 16.3. The van der Waals surface area contributed by atoms with Gasteiger partial charge in [-0.15, -0.1) is 0 Å². The van der Waals surface area contributed by atoms with Crippen molar-refractivity contribution in [3.63, 3.8) is 0 Å². The van der Waals surface area contributed by atoms with Gasteiger partial charge < -0.3 is 8.98 Å². The fourth-order valence-electron chi connectivity index (χ4n) is 10.9. The van der Waals surface area contributed by atoms with Gasteiger partial charge in [-0.1, -0.05) is 159 Å². The summed E-state index contributed by atoms with van der Waals surface area (Å²) >= 11 is 0. The van der Waals surface area contributed by atoms with Crippen molar-refractivity contribution in [1.82, 2.24) is 4.57 Å². The van der Waals surface area contributed by atoms with Crippen LogP contribution in [0.15, 0.2) is 214 Å². The number of fused-ring (bicyclic) bond motifs is 10. The van der Waals surface area contributed by atoms with E-state index in [4.69, 9.17) is 14.4 Å². The van der Waals surface area contributed by atoms with E-state index in [1.807, 2.05) is 0 Å². The van der Waals surface area contributed by atoms with Crippen LogP contribution in [0.4, 0.5) is 0 Å². The number of rotatable bonds is 6. The first kappa shape index (κ1) is 36.8. The van der Waals surface area contributed by atoms with Crippen LogP contribution in [0.5, 0.6) is 0 Å². The highest BCUT2D eigenvalue weighted by Gasteiger charge is 2.36. The van der Waals surface area contributed by atoms with E-state index < -0.39 is 0 Å². The van der Waals surface area contributed by atoms with Crippen molar-refractivity contribution in [2.75, 3.05) is 0 Å². The molecule has 1 aliphatic heterocycles. The lowest BCUT2D eigenvalue weighted by Crippen LogP contribution is -2.29. The van der Waals surface area contributed by atoms with E-state index in [0.717, 1.165) is 80.5 Å². The van der Waals surface area contributed by atoms with Gasteiger partial charge in [0.25, 0.3) is 0 Å². The first-order valence-electron chi connectivity index (χ1n) is 22.6. The molecule has 304 valence electrons. The fraction of sp³-hybridized carbons (Fsp3) is 0.100. The maximum Gasteiger partial charge on any atom is 0.156 e. The van der Waals surface area contributed by atoms with Crippen LogP contribution in [0.2, 0.25) is 0 Å². The zero-order valence-electron chi connectivity index (χ0n) is 35.5. The van der Waals surface area contributed by atoms with Crippen molar-refractivity contribution in [3.8, 4) is 5.69 Å². The molecule has 0 amide bonds. The van der Waals surface area contributed by atoms with E-state index in [1.165, 1.54) is 59.9 Å². The highest BCUT2D eigenvalue weighted by molar-refractivity contribution is 6.23. The summed E-state index contributed by atoms with van der Waals surface area (Å²) in [6, 6.07) is 65.6. The maximum atomic E-state index is 6.89. The number of amidine groups is 1. The van der Waals surface area contributed by atoms with Crippen LogP contribution in [0.25, 0.3) is 87.3 Å². The molecule has 1 aliphatic carbocycles. The van der Waals surface area contributed by atoms with Gasteiger partial charge in [-0.3, -0.25) is 4.99 Å². The minimum absolute atomic E-state index is 0.0163. The van der Waals surface area contributed by atoms with Gasteiger partial charge in [0, 0.05) is 39.1 Å². The summed E-state index contributed by atoms with van der Waals surface area (Å²) in [4.78, 5) is 11.6. The summed E-state index contributed by atoms with van der Waals surface area (Å²) in [5.41, 5.74) is 12.4. The summed E-state index contributed by atoms with van der Waals surface area (Å²) in [5, 5.41) is 11.9. The number of aromatic nitrogens is 1. The lowest BCUT2D eigenvalue weighted by atomic mass is 9.79. The number of aliphatic imine (C=N–C) groups is 2. The number of benzene rings is 9. The Bertz CT molecular complexity index is 3840. The molecule has 0 spiro atoms. The molecule has 2 atom stereocenters. The summed E-state index contributed by atoms with van der Waals surface area (Å²) in [6.07, 6.45) is 7.40. The van der Waals surface area contributed by atoms with Crippen molar-refractivity contribution >= 4 is 93.2 Å². The van der Waals surface area contributed by atoms with Gasteiger partial charge in [-0.2, -0.15) is 0 Å². The van der Waals surface area contributed by atoms with Crippen LogP contribution in [0.1, 0.15) is 48.9 Å². The fourth-order valence-corrected chi connectivity index (χ4v) is 10.9. The molecule has 4 heteroatoms. The van der Waals surface area contributed by atoms with E-state index in [9.17, 15) is 0 Å². The predicted octanol–water partition coefficient (Wildman–Crippen LogP) is 15.9. The van der Waals surface area contributed by atoms with Crippen molar-refractivity contribution in [1.29, 1.82) is 0 Å². The highest BCUT2D eigenvalue weighted by Crippen LogP contribution is 2.46. The SMILES string of the molecule is CCC1C(C2=CC=C(c3ccccc3)CC2)=NC(c2cc3ccccc3c3ccccc23)=NC1c1cc(-n2c3ccccc3c3cc4ccccc4cc32)cc2oc3ccccc3c12. The quantitative estimate of drug-likeness (QED) is 0.154. The van der Waals surface area contributed by atoms with Crippen LogP contribution in [-0.4, -0.2) is 16.1 Å². The third-order valence-corrected chi connectivity index (χ3v) is 13.9. The minimum Gasteiger partial charge on any atom is -0.456 e. The van der Waals surface area contributed by atoms with Gasteiger partial charge in [-0.05, 0) is 110 Å². The largest absolute Gasteiger partial charge is 0.456 e. The van der Waals surface area contributed by atoms with Gasteiger partial charge in [0.05, 0.1) is 28.5 Å². The summed E-state index contributed by atoms with van der Waals surface area (Å²) in [7, 11) is 0. The molecule has 0 saturated heterocycles. The zero-order valence-corrected chi connectivity index (χ0v) is 35.5. The number of para-hydroxylation sites is 2. The lowest BCUT2D eigenvalue weighted by molar-refractivity contribution is 0.533. The average molecular weight is 822 g/mol. The molecule has 4 nitrogen and oxygen atoms in total. The van der Waals surface area contributed by atoms with Crippen LogP contribution in [0, 0.1) is 5.92 Å². The second-order valence-electron chi connectivity index (χ2n) is 17.4. The Balaban J connectivity index is 1.10. The molecule has 0 radical (unpaired) electrons. The van der Waals surface area contributed by atoms with Gasteiger partial charge in [0.15, 0.2) is 5.84 Å². The van der Waals surface area contributed by atoms with Crippen LogP contribution in [-0.2, 0) is 0 Å². The Morgan fingerprint density at radius 1 is 0.531 bits per heavy atom. The minimum atomic E-state index is -0.254. The van der Waals surface area contributed by atoms with E-state index >= 15 is 0 Å². The second kappa shape index (κ2) is 14.6. The van der Waals surface area contributed by atoms with Gasteiger partial charge in [0.1, 0.15) is 11.2 Å². The smallest absolute Gasteiger partial charge is 0.156 e. The Kier molecular flexibility index (Phi) is 8.42. The Labute approximate surface area is 370 Å². The third kappa shape index (κ3) is 5.75. The Morgan fingerprint density at radius 3 is 1.98 bits per heavy atom. The molecule has 2 aromatic heterocycles. The topological polar surface area (TPSA) is 42.8 Å². The van der Waals surface area contributed by atoms with Crippen molar-refractivity contribution in [3.05, 3.63) is 216 Å². The van der Waals surface area contributed by atoms with Crippen LogP contribution >= 0.6 is 0 Å². The number of hydrogen-bond acceptors (Lipinski definition) is 3. The summed E-state index contributed by atoms with van der Waals surface area (Å²) in [5.74, 6) is 0.794. The first-order valence-corrected chi connectivity index (χ1v) is 22.6. The molecule has 11 aromatic rings. The molecular formula is C60H43N3O. The third-order valence-electron chi connectivity index (χ3n) is 13.9. The average Bonchev–Trinajstić information content (AvgIpc) is 3.90. The van der Waals surface area contributed by atoms with Gasteiger partial charge in [-0.25, -0.2) is 4.99 Å². The second-order valence-corrected chi connectivity index (χ2v) is 17.4. The molecular weight excluding hydrogens is 779 g/mol. The predicted molar refractivity (Wildman–Crippen MR) is 269 cm³/mol. The normalized spacial score (nSPS) is 16.8. The molecule has 3 heterocycles. The van der Waals surface area contributed by atoms with Gasteiger partial charge >= 0.3 is 0 Å². The molecule has 0 saturated carbocycles. The van der Waals surface area contributed by atoms with Crippen LogP contribution < -0.4 is 0 Å². The molecule has 2 aliphatic rings. The number of furan rings is 1. The molecule has 64 heavy (non-hydrogen) atoms. The Morgan fingerprint density at radius 2 is 1.19 bits per heavy atom. The van der Waals surface area contributed by atoms with Crippen molar-refractivity contribution in [2.45, 2.75) is 32.2 Å². The van der Waals surface area contributed by atoms with E-state index in [1.54, 1.807) is 0 Å². The van der Waals surface area contributed by atoms with E-state index in [2.05, 4.69) is 206 Å². The van der Waals surface area contributed by atoms with E-state index in [0.29, 0.717) is 0 Å². The van der Waals surface area contributed by atoms with Crippen LogP contribution in [0.3, 0.4) is 0 Å². The monoisotopic (exact) mass is 821 g/mol. The molecule has 0 bridgehead atoms. The number of hydrogen-bond donors (Lipinski definition) is 0. The molecule has 13 rings (SSSR count). The number of allylic oxidation sites excluding steroid dienone is 4. The standard InChI is InChI=1S/C60H43N3O/c1-2-44-58(39-30-28-38(29-31-39)37-16-4-3-5-17-37)61-60(51-33-42-20-8-9-21-45(42)46-22-10-11-23-47(46)51)62-59(44)52-35-43(36-56-57(52)49-25-13-15-27-55(49)64-56)63-53-26-14-12-24-48(53)50-32-40-18-6-7-19-41(40)34-54(50)63/h3-28,30,32-36,44,59H,2,29,31H2,1H3. The molecule has 9 aromatic carbocycles. The lowest BCUT2D eigenvalue weighted by Gasteiger charge is -2.32. The summed E-state index contributed by atoms with van der Waals surface area (Å²) in [6.45, 7) is 2.31. The molecule has 0 N–H and O–H groups in total. The van der Waals surface area contributed by atoms with Crippen molar-refractivity contribution < 1.29 is 4.42 Å². The zero-order chi connectivity index (χ0) is 42.3. The first-order chi connectivity index (χ1) is 31.7. The summed E-state index contributed by atoms with van der Waals surface area (Å²) < 4.78 is 9.33. The Hall–Kier alpha value is -7.82. The molecule has 2 unspecified atom stereocenters. The maximum absolute atomic E-state index is 6.89. The number of nitrogens with zero attached hydrogens (tertiary/aromatic N) is 3. The van der Waals surface area contributed by atoms with Gasteiger partial charge in [0.2, 0.25) is 0 Å².